The standard InChI is InChI=1S/C7H12N4O2S/c1-13-5(3-8)2-6(12)10-7-11-9-4-14-7/h4-5H,2-3,8H2,1H3,(H,10,11,12). The van der Waals surface area contributed by atoms with Gasteiger partial charge in [0.2, 0.25) is 11.0 Å². The van der Waals surface area contributed by atoms with Crippen LogP contribution in [-0.2, 0) is 9.53 Å². The van der Waals surface area contributed by atoms with Crippen molar-refractivity contribution in [1.82, 2.24) is 10.2 Å². The molecule has 3 N–H and O–H groups in total. The van der Waals surface area contributed by atoms with Gasteiger partial charge in [0, 0.05) is 13.7 Å². The van der Waals surface area contributed by atoms with Crippen molar-refractivity contribution in [3.8, 4) is 0 Å². The van der Waals surface area contributed by atoms with E-state index in [4.69, 9.17) is 10.5 Å². The van der Waals surface area contributed by atoms with Crippen LogP contribution in [0.15, 0.2) is 5.51 Å². The van der Waals surface area contributed by atoms with Gasteiger partial charge >= 0.3 is 0 Å². The Morgan fingerprint density at radius 3 is 3.14 bits per heavy atom. The van der Waals surface area contributed by atoms with E-state index in [2.05, 4.69) is 15.5 Å². The number of methoxy groups -OCH3 is 1. The second kappa shape index (κ2) is 5.63. The van der Waals surface area contributed by atoms with Crippen molar-refractivity contribution in [3.63, 3.8) is 0 Å². The summed E-state index contributed by atoms with van der Waals surface area (Å²) >= 11 is 1.27. The van der Waals surface area contributed by atoms with Gasteiger partial charge in [-0.15, -0.1) is 10.2 Å². The largest absolute Gasteiger partial charge is 0.380 e. The van der Waals surface area contributed by atoms with Crippen LogP contribution in [-0.4, -0.2) is 35.9 Å². The maximum atomic E-state index is 11.3. The molecule has 6 nitrogen and oxygen atoms in total. The maximum Gasteiger partial charge on any atom is 0.228 e. The summed E-state index contributed by atoms with van der Waals surface area (Å²) in [5, 5.41) is 10.4. The number of nitrogens with two attached hydrogens (primary N) is 1. The predicted octanol–water partition coefficient (Wildman–Crippen LogP) is -0.160. The Morgan fingerprint density at radius 1 is 1.86 bits per heavy atom. The Bertz CT molecular complexity index is 273. The van der Waals surface area contributed by atoms with Gasteiger partial charge in [-0.2, -0.15) is 0 Å². The number of aromatic nitrogens is 2. The average molecular weight is 216 g/mol. The van der Waals surface area contributed by atoms with Crippen LogP contribution in [0.2, 0.25) is 0 Å². The van der Waals surface area contributed by atoms with Crippen molar-refractivity contribution in [3.05, 3.63) is 5.51 Å². The van der Waals surface area contributed by atoms with Crippen LogP contribution in [0.3, 0.4) is 0 Å². The molecule has 14 heavy (non-hydrogen) atoms. The number of hydrogen-bond acceptors (Lipinski definition) is 6. The lowest BCUT2D eigenvalue weighted by Crippen LogP contribution is -2.28. The first kappa shape index (κ1) is 11.0. The van der Waals surface area contributed by atoms with Gasteiger partial charge in [0.25, 0.3) is 0 Å². The lowest BCUT2D eigenvalue weighted by Gasteiger charge is -2.11. The van der Waals surface area contributed by atoms with Crippen LogP contribution in [0.25, 0.3) is 0 Å². The van der Waals surface area contributed by atoms with E-state index in [9.17, 15) is 4.79 Å². The molecule has 0 aromatic carbocycles. The van der Waals surface area contributed by atoms with Gasteiger partial charge in [0.15, 0.2) is 0 Å². The van der Waals surface area contributed by atoms with Gasteiger partial charge in [-0.1, -0.05) is 11.3 Å². The summed E-state index contributed by atoms with van der Waals surface area (Å²) in [6.07, 6.45) is -0.0185. The molecule has 0 aliphatic carbocycles. The van der Waals surface area contributed by atoms with Gasteiger partial charge in [0.05, 0.1) is 12.5 Å². The van der Waals surface area contributed by atoms with E-state index in [1.807, 2.05) is 0 Å². The van der Waals surface area contributed by atoms with Gasteiger partial charge in [-0.3, -0.25) is 4.79 Å². The fraction of sp³-hybridized carbons (Fsp3) is 0.571. The van der Waals surface area contributed by atoms with Crippen LogP contribution < -0.4 is 11.1 Å². The van der Waals surface area contributed by atoms with Crippen molar-refractivity contribution in [2.75, 3.05) is 19.0 Å². The van der Waals surface area contributed by atoms with Crippen LogP contribution in [0.4, 0.5) is 5.13 Å². The molecule has 1 amide bonds. The third-order valence-electron chi connectivity index (χ3n) is 1.62. The highest BCUT2D eigenvalue weighted by Gasteiger charge is 2.12. The molecule has 1 unspecified atom stereocenters. The summed E-state index contributed by atoms with van der Waals surface area (Å²) in [5.74, 6) is -0.168. The molecule has 0 fully saturated rings. The monoisotopic (exact) mass is 216 g/mol. The second-order valence-corrected chi connectivity index (χ2v) is 3.42. The number of carbonyl (C=O) groups is 1. The number of nitrogens with zero attached hydrogens (tertiary/aromatic N) is 2. The zero-order chi connectivity index (χ0) is 10.4. The van der Waals surface area contributed by atoms with E-state index in [0.29, 0.717) is 11.7 Å². The van der Waals surface area contributed by atoms with E-state index < -0.39 is 0 Å². The molecule has 1 aromatic heterocycles. The summed E-state index contributed by atoms with van der Waals surface area (Å²) in [6, 6.07) is 0. The SMILES string of the molecule is COC(CN)CC(=O)Nc1nncs1. The van der Waals surface area contributed by atoms with E-state index in [-0.39, 0.29) is 18.4 Å². The van der Waals surface area contributed by atoms with Crippen LogP contribution in [0.5, 0.6) is 0 Å². The molecule has 0 radical (unpaired) electrons. The first-order valence-electron chi connectivity index (χ1n) is 4.05. The van der Waals surface area contributed by atoms with Gasteiger partial charge in [0.1, 0.15) is 5.51 Å². The Labute approximate surface area is 85.5 Å². The summed E-state index contributed by atoms with van der Waals surface area (Å²) in [7, 11) is 1.52. The summed E-state index contributed by atoms with van der Waals surface area (Å²) in [6.45, 7) is 0.319. The molecule has 0 spiro atoms. The minimum absolute atomic E-state index is 0.168. The van der Waals surface area contributed by atoms with E-state index in [0.717, 1.165) is 0 Å². The van der Waals surface area contributed by atoms with Crippen LogP contribution in [0, 0.1) is 0 Å². The summed E-state index contributed by atoms with van der Waals surface area (Å²) in [4.78, 5) is 11.3. The first-order valence-corrected chi connectivity index (χ1v) is 4.93. The van der Waals surface area contributed by atoms with E-state index >= 15 is 0 Å². The number of ether oxygens (including phenoxy) is 1. The summed E-state index contributed by atoms with van der Waals surface area (Å²) < 4.78 is 4.97. The number of carbonyl (C=O) groups excluding carboxylic acids is 1. The minimum atomic E-state index is -0.247. The van der Waals surface area contributed by atoms with Crippen molar-refractivity contribution in [2.45, 2.75) is 12.5 Å². The second-order valence-electron chi connectivity index (χ2n) is 2.59. The molecular weight excluding hydrogens is 204 g/mol. The average Bonchev–Trinajstić information content (AvgIpc) is 2.66. The molecule has 1 rings (SSSR count). The number of hydrogen-bond donors (Lipinski definition) is 2. The van der Waals surface area contributed by atoms with Crippen molar-refractivity contribution in [1.29, 1.82) is 0 Å². The quantitative estimate of drug-likeness (QED) is 0.713. The number of nitrogens with one attached hydrogen (secondary N) is 1. The topological polar surface area (TPSA) is 90.1 Å². The van der Waals surface area contributed by atoms with Gasteiger partial charge in [-0.25, -0.2) is 0 Å². The molecule has 0 bridgehead atoms. The predicted molar refractivity (Wildman–Crippen MR) is 53.0 cm³/mol. The summed E-state index contributed by atoms with van der Waals surface area (Å²) in [5.41, 5.74) is 6.92. The molecule has 78 valence electrons. The Morgan fingerprint density at radius 2 is 2.64 bits per heavy atom. The third kappa shape index (κ3) is 3.36. The molecule has 0 aliphatic rings. The number of anilines is 1. The maximum absolute atomic E-state index is 11.3. The fourth-order valence-corrected chi connectivity index (χ4v) is 1.33. The number of rotatable bonds is 5. The highest BCUT2D eigenvalue weighted by Crippen LogP contribution is 2.08. The Kier molecular flexibility index (Phi) is 4.44. The van der Waals surface area contributed by atoms with Gasteiger partial charge < -0.3 is 15.8 Å². The molecule has 0 saturated heterocycles. The highest BCUT2D eigenvalue weighted by atomic mass is 32.1. The smallest absolute Gasteiger partial charge is 0.228 e. The lowest BCUT2D eigenvalue weighted by atomic mass is 10.2. The third-order valence-corrected chi connectivity index (χ3v) is 2.22. The van der Waals surface area contributed by atoms with E-state index in [1.165, 1.54) is 18.4 Å². The van der Waals surface area contributed by atoms with Crippen molar-refractivity contribution >= 4 is 22.4 Å². The minimum Gasteiger partial charge on any atom is -0.380 e. The lowest BCUT2D eigenvalue weighted by molar-refractivity contribution is -0.118. The molecule has 0 saturated carbocycles. The molecule has 1 atom stereocenters. The Balaban J connectivity index is 2.35. The normalized spacial score (nSPS) is 12.4. The Hall–Kier alpha value is -1.05. The highest BCUT2D eigenvalue weighted by molar-refractivity contribution is 7.13. The van der Waals surface area contributed by atoms with E-state index in [1.54, 1.807) is 5.51 Å². The fourth-order valence-electron chi connectivity index (χ4n) is 0.868. The molecule has 1 heterocycles. The van der Waals surface area contributed by atoms with Crippen molar-refractivity contribution < 1.29 is 9.53 Å². The first-order chi connectivity index (χ1) is 6.76. The number of amides is 1. The van der Waals surface area contributed by atoms with Crippen LogP contribution in [0.1, 0.15) is 6.42 Å². The van der Waals surface area contributed by atoms with Crippen molar-refractivity contribution in [2.24, 2.45) is 5.73 Å². The van der Waals surface area contributed by atoms with Crippen LogP contribution >= 0.6 is 11.3 Å². The molecule has 7 heteroatoms. The zero-order valence-electron chi connectivity index (χ0n) is 7.77. The molecular formula is C7H12N4O2S. The zero-order valence-corrected chi connectivity index (χ0v) is 8.58. The molecule has 0 aliphatic heterocycles. The molecule has 1 aromatic rings. The van der Waals surface area contributed by atoms with Gasteiger partial charge in [-0.05, 0) is 0 Å².